The molecule has 30 heavy (non-hydrogen) atoms. The topological polar surface area (TPSA) is 143 Å². The summed E-state index contributed by atoms with van der Waals surface area (Å²) in [6.45, 7) is 2.19. The van der Waals surface area contributed by atoms with Crippen LogP contribution in [0.5, 0.6) is 11.5 Å². The Hall–Kier alpha value is -3.95. The second-order valence-corrected chi connectivity index (χ2v) is 6.55. The number of hydrogen-bond acceptors (Lipinski definition) is 7. The van der Waals surface area contributed by atoms with Gasteiger partial charge in [0.15, 0.2) is 11.5 Å². The summed E-state index contributed by atoms with van der Waals surface area (Å²) >= 11 is 0. The van der Waals surface area contributed by atoms with Crippen LogP contribution >= 0.6 is 0 Å². The number of aromatic hydroxyl groups is 1. The van der Waals surface area contributed by atoms with Crippen LogP contribution in [0.2, 0.25) is 0 Å². The number of ether oxygens (including phenoxy) is 1. The van der Waals surface area contributed by atoms with Crippen LogP contribution in [0.15, 0.2) is 47.6 Å². The second-order valence-electron chi connectivity index (χ2n) is 6.55. The Morgan fingerprint density at radius 1 is 1.40 bits per heavy atom. The number of hydrogen-bond donors (Lipinski definition) is 3. The molecule has 3 N–H and O–H groups in total. The van der Waals surface area contributed by atoms with Crippen molar-refractivity contribution in [3.8, 4) is 11.5 Å². The molecule has 2 aromatic carbocycles. The molecule has 1 fully saturated rings. The van der Waals surface area contributed by atoms with Crippen LogP contribution < -0.4 is 15.5 Å². The number of carbonyl (C=O) groups is 2. The van der Waals surface area contributed by atoms with E-state index in [4.69, 9.17) is 4.74 Å². The van der Waals surface area contributed by atoms with Crippen LogP contribution in [-0.2, 0) is 9.59 Å². The number of phenols is 1. The van der Waals surface area contributed by atoms with Crippen molar-refractivity contribution in [2.45, 2.75) is 12.8 Å². The van der Waals surface area contributed by atoms with Gasteiger partial charge in [-0.15, -0.1) is 0 Å². The van der Waals surface area contributed by atoms with Gasteiger partial charge in [0.05, 0.1) is 23.8 Å². The lowest BCUT2D eigenvalue weighted by molar-refractivity contribution is -0.385. The minimum Gasteiger partial charge on any atom is -0.504 e. The Morgan fingerprint density at radius 2 is 2.13 bits per heavy atom. The number of rotatable bonds is 7. The minimum absolute atomic E-state index is 0.0107. The van der Waals surface area contributed by atoms with E-state index in [1.165, 1.54) is 0 Å². The minimum atomic E-state index is -0.970. The number of nitro benzene ring substituents is 1. The summed E-state index contributed by atoms with van der Waals surface area (Å²) in [6, 6.07) is 11.4. The van der Waals surface area contributed by atoms with Crippen molar-refractivity contribution in [1.82, 2.24) is 10.7 Å². The molecule has 0 saturated carbocycles. The van der Waals surface area contributed by atoms with Gasteiger partial charge in [-0.25, -0.2) is 5.43 Å². The van der Waals surface area contributed by atoms with Crippen LogP contribution in [0.25, 0.3) is 0 Å². The summed E-state index contributed by atoms with van der Waals surface area (Å²) in [4.78, 5) is 35.2. The first-order valence-electron chi connectivity index (χ1n) is 9.22. The van der Waals surface area contributed by atoms with Gasteiger partial charge in [0.2, 0.25) is 5.91 Å². The molecule has 0 radical (unpaired) electrons. The van der Waals surface area contributed by atoms with Gasteiger partial charge in [-0.1, -0.05) is 30.3 Å². The number of carbonyl (C=O) groups excluding carboxylic acids is 2. The standard InChI is InChI=1S/C20H20N4O6/c1-2-30-16-9-14(24(28)29)8-13(18(16)25)10-22-23-20(27)17-15(11-21-19(17)26)12-6-4-3-5-7-12/h3-10,15,17,25H,2,11H2,1H3,(H,21,26)(H,23,27). The van der Waals surface area contributed by atoms with E-state index in [1.54, 1.807) is 6.92 Å². The van der Waals surface area contributed by atoms with Crippen molar-refractivity contribution in [3.63, 3.8) is 0 Å². The Kier molecular flexibility index (Phi) is 6.26. The average molecular weight is 412 g/mol. The number of nitro groups is 1. The lowest BCUT2D eigenvalue weighted by atomic mass is 9.88. The molecule has 10 heteroatoms. The number of benzene rings is 2. The molecule has 1 aliphatic rings. The van der Waals surface area contributed by atoms with Crippen molar-refractivity contribution < 1.29 is 24.4 Å². The Bertz CT molecular complexity index is 992. The van der Waals surface area contributed by atoms with Gasteiger partial charge in [0.25, 0.3) is 11.6 Å². The molecule has 1 saturated heterocycles. The lowest BCUT2D eigenvalue weighted by Gasteiger charge is -2.15. The van der Waals surface area contributed by atoms with Gasteiger partial charge in [-0.2, -0.15) is 5.10 Å². The lowest BCUT2D eigenvalue weighted by Crippen LogP contribution is -2.34. The van der Waals surface area contributed by atoms with Gasteiger partial charge in [-0.3, -0.25) is 19.7 Å². The predicted octanol–water partition coefficient (Wildman–Crippen LogP) is 1.68. The predicted molar refractivity (Wildman–Crippen MR) is 107 cm³/mol. The highest BCUT2D eigenvalue weighted by Crippen LogP contribution is 2.34. The highest BCUT2D eigenvalue weighted by molar-refractivity contribution is 6.03. The van der Waals surface area contributed by atoms with Crippen LogP contribution in [0, 0.1) is 16.0 Å². The molecule has 1 aliphatic heterocycles. The maximum atomic E-state index is 12.6. The Morgan fingerprint density at radius 3 is 2.80 bits per heavy atom. The average Bonchev–Trinajstić information content (AvgIpc) is 3.12. The van der Waals surface area contributed by atoms with E-state index in [1.807, 2.05) is 30.3 Å². The van der Waals surface area contributed by atoms with Crippen LogP contribution in [-0.4, -0.2) is 41.2 Å². The third kappa shape index (κ3) is 4.37. The van der Waals surface area contributed by atoms with Crippen molar-refractivity contribution in [1.29, 1.82) is 0 Å². The van der Waals surface area contributed by atoms with E-state index < -0.39 is 22.7 Å². The molecule has 0 spiro atoms. The third-order valence-corrected chi connectivity index (χ3v) is 4.67. The maximum absolute atomic E-state index is 12.6. The fraction of sp³-hybridized carbons (Fsp3) is 0.250. The van der Waals surface area contributed by atoms with E-state index in [0.717, 1.165) is 23.9 Å². The van der Waals surface area contributed by atoms with Gasteiger partial charge < -0.3 is 15.2 Å². The number of nitrogens with zero attached hydrogens (tertiary/aromatic N) is 2. The molecule has 3 rings (SSSR count). The molecule has 2 atom stereocenters. The fourth-order valence-corrected chi connectivity index (χ4v) is 3.25. The summed E-state index contributed by atoms with van der Waals surface area (Å²) in [5, 5.41) is 27.8. The largest absolute Gasteiger partial charge is 0.504 e. The third-order valence-electron chi connectivity index (χ3n) is 4.67. The van der Waals surface area contributed by atoms with Gasteiger partial charge in [0, 0.05) is 24.1 Å². The Labute approximate surface area is 171 Å². The molecular weight excluding hydrogens is 392 g/mol. The van der Waals surface area contributed by atoms with Crippen molar-refractivity contribution in [2.75, 3.05) is 13.2 Å². The summed E-state index contributed by atoms with van der Waals surface area (Å²) in [6.07, 6.45) is 1.06. The summed E-state index contributed by atoms with van der Waals surface area (Å²) in [5.74, 6) is -2.76. The normalized spacial score (nSPS) is 18.2. The van der Waals surface area contributed by atoms with Gasteiger partial charge in [-0.05, 0) is 12.5 Å². The maximum Gasteiger partial charge on any atom is 0.274 e. The number of amides is 2. The first-order chi connectivity index (χ1) is 14.4. The molecule has 156 valence electrons. The number of hydrazone groups is 1. The van der Waals surface area contributed by atoms with Crippen LogP contribution in [0.3, 0.4) is 0 Å². The molecule has 0 aromatic heterocycles. The first-order valence-corrected chi connectivity index (χ1v) is 9.22. The van der Waals surface area contributed by atoms with Gasteiger partial charge >= 0.3 is 0 Å². The van der Waals surface area contributed by atoms with E-state index in [2.05, 4.69) is 15.8 Å². The molecular formula is C20H20N4O6. The van der Waals surface area contributed by atoms with Crippen molar-refractivity contribution >= 4 is 23.7 Å². The van der Waals surface area contributed by atoms with E-state index in [-0.39, 0.29) is 35.3 Å². The Balaban J connectivity index is 1.78. The zero-order valence-corrected chi connectivity index (χ0v) is 16.1. The zero-order valence-electron chi connectivity index (χ0n) is 16.1. The van der Waals surface area contributed by atoms with E-state index in [0.29, 0.717) is 6.54 Å². The SMILES string of the molecule is CCOc1cc([N+](=O)[O-])cc(C=NNC(=O)C2C(=O)NCC2c2ccccc2)c1O. The van der Waals surface area contributed by atoms with Crippen molar-refractivity contribution in [3.05, 3.63) is 63.7 Å². The molecule has 10 nitrogen and oxygen atoms in total. The highest BCUT2D eigenvalue weighted by atomic mass is 16.6. The molecule has 2 amide bonds. The summed E-state index contributed by atoms with van der Waals surface area (Å²) in [5.41, 5.74) is 2.81. The van der Waals surface area contributed by atoms with E-state index >= 15 is 0 Å². The zero-order chi connectivity index (χ0) is 21.7. The van der Waals surface area contributed by atoms with Crippen molar-refractivity contribution in [2.24, 2.45) is 11.0 Å². The monoisotopic (exact) mass is 412 g/mol. The van der Waals surface area contributed by atoms with Gasteiger partial charge in [0.1, 0.15) is 5.92 Å². The summed E-state index contributed by atoms with van der Waals surface area (Å²) < 4.78 is 5.20. The van der Waals surface area contributed by atoms with Crippen LogP contribution in [0.4, 0.5) is 5.69 Å². The summed E-state index contributed by atoms with van der Waals surface area (Å²) in [7, 11) is 0. The number of nitrogens with one attached hydrogen (secondary N) is 2. The molecule has 0 bridgehead atoms. The van der Waals surface area contributed by atoms with E-state index in [9.17, 15) is 24.8 Å². The first kappa shape index (κ1) is 20.8. The fourth-order valence-electron chi connectivity index (χ4n) is 3.25. The molecule has 0 aliphatic carbocycles. The quantitative estimate of drug-likeness (QED) is 0.273. The molecule has 2 unspecified atom stereocenters. The highest BCUT2D eigenvalue weighted by Gasteiger charge is 2.40. The molecule has 2 aromatic rings. The number of non-ortho nitro benzene ring substituents is 1. The smallest absolute Gasteiger partial charge is 0.274 e. The number of phenolic OH excluding ortho intramolecular Hbond substituents is 1. The second kappa shape index (κ2) is 9.03. The van der Waals surface area contributed by atoms with Crippen LogP contribution in [0.1, 0.15) is 24.0 Å². The molecule has 1 heterocycles.